The van der Waals surface area contributed by atoms with E-state index in [0.29, 0.717) is 17.9 Å². The van der Waals surface area contributed by atoms with Crippen molar-refractivity contribution in [3.63, 3.8) is 0 Å². The average molecular weight is 258 g/mol. The van der Waals surface area contributed by atoms with Crippen molar-refractivity contribution < 1.29 is 4.79 Å². The first kappa shape index (κ1) is 12.1. The van der Waals surface area contributed by atoms with Gasteiger partial charge in [-0.2, -0.15) is 11.3 Å². The van der Waals surface area contributed by atoms with Gasteiger partial charge in [0.2, 0.25) is 0 Å². The smallest absolute Gasteiger partial charge is 0.166 e. The minimum Gasteiger partial charge on any atom is -0.311 e. The van der Waals surface area contributed by atoms with Crippen molar-refractivity contribution in [3.05, 3.63) is 22.4 Å². The van der Waals surface area contributed by atoms with Crippen molar-refractivity contribution in [2.24, 2.45) is 5.92 Å². The fourth-order valence-electron chi connectivity index (χ4n) is 2.91. The Morgan fingerprint density at radius 1 is 1.31 bits per heavy atom. The number of halogens is 1. The molecule has 2 atom stereocenters. The molecule has 0 aliphatic carbocycles. The molecule has 88 valence electrons. The van der Waals surface area contributed by atoms with Crippen molar-refractivity contribution in [1.82, 2.24) is 5.32 Å². The molecule has 2 unspecified atom stereocenters. The maximum absolute atomic E-state index is 12.2. The van der Waals surface area contributed by atoms with Crippen LogP contribution in [0.3, 0.4) is 0 Å². The first-order valence-electron chi connectivity index (χ1n) is 5.65. The number of hydrogen-bond donors (Lipinski definition) is 1. The molecule has 16 heavy (non-hydrogen) atoms. The van der Waals surface area contributed by atoms with E-state index in [1.165, 1.54) is 12.8 Å². The maximum Gasteiger partial charge on any atom is 0.166 e. The van der Waals surface area contributed by atoms with Crippen molar-refractivity contribution in [1.29, 1.82) is 0 Å². The van der Waals surface area contributed by atoms with E-state index in [1.807, 2.05) is 16.8 Å². The second-order valence-corrected chi connectivity index (χ2v) is 5.46. The predicted octanol–water partition coefficient (Wildman–Crippen LogP) is 2.88. The summed E-state index contributed by atoms with van der Waals surface area (Å²) in [6, 6.07) is 3.17. The summed E-state index contributed by atoms with van der Waals surface area (Å²) in [5, 5.41) is 7.54. The van der Waals surface area contributed by atoms with Gasteiger partial charge in [-0.05, 0) is 37.1 Å². The van der Waals surface area contributed by atoms with Crippen LogP contribution in [0.5, 0.6) is 0 Å². The molecule has 2 fully saturated rings. The Balaban J connectivity index is 0.000000963. The lowest BCUT2D eigenvalue weighted by atomic mass is 9.87. The molecule has 2 nitrogen and oxygen atoms in total. The molecule has 1 N–H and O–H groups in total. The minimum atomic E-state index is 0. The van der Waals surface area contributed by atoms with Crippen LogP contribution in [0.4, 0.5) is 0 Å². The molecule has 1 aromatic rings. The highest BCUT2D eigenvalue weighted by atomic mass is 35.5. The highest BCUT2D eigenvalue weighted by Crippen LogP contribution is 2.33. The first-order valence-corrected chi connectivity index (χ1v) is 6.59. The number of carbonyl (C=O) groups is 1. The quantitative estimate of drug-likeness (QED) is 0.826. The van der Waals surface area contributed by atoms with Crippen LogP contribution < -0.4 is 5.32 Å². The van der Waals surface area contributed by atoms with E-state index < -0.39 is 0 Å². The van der Waals surface area contributed by atoms with Crippen LogP contribution in [0, 0.1) is 5.92 Å². The Bertz CT molecular complexity index is 353. The molecule has 0 amide bonds. The van der Waals surface area contributed by atoms with Crippen molar-refractivity contribution in [3.8, 4) is 0 Å². The van der Waals surface area contributed by atoms with Gasteiger partial charge in [-0.25, -0.2) is 0 Å². The predicted molar refractivity (Wildman–Crippen MR) is 68.6 cm³/mol. The van der Waals surface area contributed by atoms with Gasteiger partial charge in [-0.1, -0.05) is 0 Å². The second kappa shape index (κ2) is 4.86. The van der Waals surface area contributed by atoms with Crippen LogP contribution in [-0.4, -0.2) is 17.9 Å². The van der Waals surface area contributed by atoms with E-state index in [1.54, 1.807) is 11.3 Å². The topological polar surface area (TPSA) is 29.1 Å². The Kier molecular flexibility index (Phi) is 3.67. The number of ketones is 1. The second-order valence-electron chi connectivity index (χ2n) is 4.68. The molecular weight excluding hydrogens is 242 g/mol. The molecular formula is C12H16ClNOS. The van der Waals surface area contributed by atoms with Gasteiger partial charge in [0.05, 0.1) is 0 Å². The molecule has 1 aromatic heterocycles. The molecule has 0 saturated carbocycles. The van der Waals surface area contributed by atoms with Crippen molar-refractivity contribution >= 4 is 29.5 Å². The summed E-state index contributed by atoms with van der Waals surface area (Å²) in [7, 11) is 0. The van der Waals surface area contributed by atoms with Gasteiger partial charge in [-0.15, -0.1) is 12.4 Å². The summed E-state index contributed by atoms with van der Waals surface area (Å²) >= 11 is 1.61. The van der Waals surface area contributed by atoms with E-state index in [9.17, 15) is 4.79 Å². The number of carbonyl (C=O) groups excluding carboxylic acids is 1. The minimum absolute atomic E-state index is 0. The van der Waals surface area contributed by atoms with E-state index in [2.05, 4.69) is 5.32 Å². The molecule has 3 heterocycles. The lowest BCUT2D eigenvalue weighted by Gasteiger charge is -2.27. The number of rotatable bonds is 2. The maximum atomic E-state index is 12.2. The van der Waals surface area contributed by atoms with Crippen LogP contribution in [0.25, 0.3) is 0 Å². The lowest BCUT2D eigenvalue weighted by molar-refractivity contribution is 0.0876. The SMILES string of the molecule is Cl.O=C(c1ccsc1)C1CC2CCC(C1)N2. The van der Waals surface area contributed by atoms with Gasteiger partial charge in [0, 0.05) is 28.9 Å². The number of hydrogen-bond acceptors (Lipinski definition) is 3. The summed E-state index contributed by atoms with van der Waals surface area (Å²) in [4.78, 5) is 12.2. The number of thiophene rings is 1. The summed E-state index contributed by atoms with van der Waals surface area (Å²) in [5.74, 6) is 0.646. The van der Waals surface area contributed by atoms with Crippen LogP contribution >= 0.6 is 23.7 Å². The zero-order valence-corrected chi connectivity index (χ0v) is 10.7. The highest BCUT2D eigenvalue weighted by Gasteiger charge is 2.36. The van der Waals surface area contributed by atoms with Crippen LogP contribution in [-0.2, 0) is 0 Å². The number of Topliss-reactive ketones (excluding diaryl/α,β-unsaturated/α-hetero) is 1. The van der Waals surface area contributed by atoms with Crippen molar-refractivity contribution in [2.75, 3.05) is 0 Å². The summed E-state index contributed by atoms with van der Waals surface area (Å²) in [5.41, 5.74) is 0.923. The van der Waals surface area contributed by atoms with Gasteiger partial charge in [0.15, 0.2) is 5.78 Å². The van der Waals surface area contributed by atoms with E-state index >= 15 is 0 Å². The van der Waals surface area contributed by atoms with E-state index in [-0.39, 0.29) is 18.3 Å². The van der Waals surface area contributed by atoms with Crippen LogP contribution in [0.1, 0.15) is 36.0 Å². The van der Waals surface area contributed by atoms with Crippen LogP contribution in [0.2, 0.25) is 0 Å². The number of piperidine rings is 1. The molecule has 0 radical (unpaired) electrons. The fraction of sp³-hybridized carbons (Fsp3) is 0.583. The highest BCUT2D eigenvalue weighted by molar-refractivity contribution is 7.08. The monoisotopic (exact) mass is 257 g/mol. The lowest BCUT2D eigenvalue weighted by Crippen LogP contribution is -2.40. The Labute approximate surface area is 106 Å². The summed E-state index contributed by atoms with van der Waals surface area (Å²) < 4.78 is 0. The fourth-order valence-corrected chi connectivity index (χ4v) is 3.56. The summed E-state index contributed by atoms with van der Waals surface area (Å²) in [6.45, 7) is 0. The Hall–Kier alpha value is -0.380. The van der Waals surface area contributed by atoms with Crippen LogP contribution in [0.15, 0.2) is 16.8 Å². The van der Waals surface area contributed by atoms with Gasteiger partial charge < -0.3 is 5.32 Å². The molecule has 2 aliphatic heterocycles. The standard InChI is InChI=1S/C12H15NOS.ClH/c14-12(8-3-4-15-7-8)9-5-10-1-2-11(6-9)13-10;/h3-4,7,9-11,13H,1-2,5-6H2;1H. The molecule has 4 heteroatoms. The third-order valence-electron chi connectivity index (χ3n) is 3.65. The molecule has 2 saturated heterocycles. The first-order chi connectivity index (χ1) is 7.33. The number of nitrogens with one attached hydrogen (secondary N) is 1. The van der Waals surface area contributed by atoms with E-state index in [4.69, 9.17) is 0 Å². The molecule has 0 aromatic carbocycles. The normalized spacial score (nSPS) is 32.1. The van der Waals surface area contributed by atoms with Gasteiger partial charge in [0.1, 0.15) is 0 Å². The third-order valence-corrected chi connectivity index (χ3v) is 4.33. The zero-order valence-electron chi connectivity index (χ0n) is 9.02. The van der Waals surface area contributed by atoms with Gasteiger partial charge >= 0.3 is 0 Å². The summed E-state index contributed by atoms with van der Waals surface area (Å²) in [6.07, 6.45) is 4.62. The molecule has 0 spiro atoms. The molecule has 3 rings (SSSR count). The van der Waals surface area contributed by atoms with E-state index in [0.717, 1.165) is 18.4 Å². The molecule has 2 aliphatic rings. The Morgan fingerprint density at radius 3 is 2.56 bits per heavy atom. The van der Waals surface area contributed by atoms with Gasteiger partial charge in [-0.3, -0.25) is 4.79 Å². The molecule has 2 bridgehead atoms. The van der Waals surface area contributed by atoms with Gasteiger partial charge in [0.25, 0.3) is 0 Å². The zero-order chi connectivity index (χ0) is 10.3. The average Bonchev–Trinajstić information content (AvgIpc) is 2.87. The third kappa shape index (κ3) is 2.17. The largest absolute Gasteiger partial charge is 0.311 e. The number of fused-ring (bicyclic) bond motifs is 2. The Morgan fingerprint density at radius 2 is 2.00 bits per heavy atom. The van der Waals surface area contributed by atoms with Crippen molar-refractivity contribution in [2.45, 2.75) is 37.8 Å².